The third kappa shape index (κ3) is 4.00. The van der Waals surface area contributed by atoms with Gasteiger partial charge in [-0.2, -0.15) is 0 Å². The van der Waals surface area contributed by atoms with Gasteiger partial charge in [-0.05, 0) is 59.9 Å². The molecule has 4 heteroatoms. The Labute approximate surface area is 139 Å². The summed E-state index contributed by atoms with van der Waals surface area (Å²) in [6, 6.07) is 9.84. The number of hydrogen-bond donors (Lipinski definition) is 1. The summed E-state index contributed by atoms with van der Waals surface area (Å²) >= 11 is 9.77. The summed E-state index contributed by atoms with van der Waals surface area (Å²) in [7, 11) is 0. The molecule has 0 saturated heterocycles. The first kappa shape index (κ1) is 16.3. The monoisotopic (exact) mass is 367 g/mol. The third-order valence-corrected chi connectivity index (χ3v) is 4.10. The minimum atomic E-state index is 0.350. The second-order valence-corrected chi connectivity index (χ2v) is 6.72. The number of nitrogens with two attached hydrogens (primary N) is 1. The maximum atomic E-state index is 6.29. The molecule has 2 aromatic carbocycles. The summed E-state index contributed by atoms with van der Waals surface area (Å²) < 4.78 is 6.99. The molecule has 0 bridgehead atoms. The molecule has 2 aromatic rings. The number of rotatable bonds is 4. The number of halogens is 2. The molecule has 0 spiro atoms. The predicted octanol–water partition coefficient (Wildman–Crippen LogP) is 5.79. The van der Waals surface area contributed by atoms with Gasteiger partial charge in [0.1, 0.15) is 11.5 Å². The molecule has 0 aromatic heterocycles. The molecule has 0 fully saturated rings. The maximum Gasteiger partial charge on any atom is 0.130 e. The topological polar surface area (TPSA) is 35.2 Å². The van der Waals surface area contributed by atoms with E-state index in [0.29, 0.717) is 12.5 Å². The van der Waals surface area contributed by atoms with E-state index in [1.54, 1.807) is 0 Å². The van der Waals surface area contributed by atoms with Crippen molar-refractivity contribution in [1.82, 2.24) is 0 Å². The molecule has 2 rings (SSSR count). The zero-order chi connectivity index (χ0) is 15.6. The molecule has 0 aliphatic rings. The summed E-state index contributed by atoms with van der Waals surface area (Å²) in [5, 5.41) is 0.784. The van der Waals surface area contributed by atoms with Crippen molar-refractivity contribution in [3.05, 3.63) is 56.5 Å². The minimum absolute atomic E-state index is 0.350. The van der Waals surface area contributed by atoms with Crippen LogP contribution in [0.15, 0.2) is 34.8 Å². The number of hydrogen-bond acceptors (Lipinski definition) is 2. The highest BCUT2D eigenvalue weighted by atomic mass is 79.9. The van der Waals surface area contributed by atoms with E-state index in [1.807, 2.05) is 37.3 Å². The van der Waals surface area contributed by atoms with E-state index in [4.69, 9.17) is 22.1 Å². The van der Waals surface area contributed by atoms with Crippen LogP contribution in [0.5, 0.6) is 11.5 Å². The van der Waals surface area contributed by atoms with Crippen LogP contribution < -0.4 is 10.5 Å². The van der Waals surface area contributed by atoms with Crippen LogP contribution in [0.25, 0.3) is 0 Å². The van der Waals surface area contributed by atoms with Gasteiger partial charge in [-0.15, -0.1) is 0 Å². The molecule has 0 radical (unpaired) electrons. The fourth-order valence-corrected chi connectivity index (χ4v) is 3.10. The highest BCUT2D eigenvalue weighted by molar-refractivity contribution is 9.10. The number of aryl methyl sites for hydroxylation is 1. The Bertz CT molecular complexity index is 655. The summed E-state index contributed by atoms with van der Waals surface area (Å²) in [5.74, 6) is 1.94. The van der Waals surface area contributed by atoms with E-state index in [-0.39, 0.29) is 0 Å². The average Bonchev–Trinajstić information content (AvgIpc) is 2.40. The van der Waals surface area contributed by atoms with Crippen LogP contribution in [-0.4, -0.2) is 0 Å². The smallest absolute Gasteiger partial charge is 0.130 e. The van der Waals surface area contributed by atoms with Crippen LogP contribution in [0.2, 0.25) is 5.02 Å². The Morgan fingerprint density at radius 1 is 1.19 bits per heavy atom. The first-order valence-corrected chi connectivity index (χ1v) is 8.05. The van der Waals surface area contributed by atoms with Crippen molar-refractivity contribution in [2.75, 3.05) is 0 Å². The Balaban J connectivity index is 2.39. The fourth-order valence-electron chi connectivity index (χ4n) is 2.15. The lowest BCUT2D eigenvalue weighted by atomic mass is 10.0. The molecule has 0 saturated carbocycles. The van der Waals surface area contributed by atoms with Crippen molar-refractivity contribution in [3.63, 3.8) is 0 Å². The fraction of sp³-hybridized carbons (Fsp3) is 0.294. The van der Waals surface area contributed by atoms with Gasteiger partial charge in [0.2, 0.25) is 0 Å². The number of ether oxygens (including phenoxy) is 1. The van der Waals surface area contributed by atoms with Crippen LogP contribution in [0.3, 0.4) is 0 Å². The van der Waals surface area contributed by atoms with Gasteiger partial charge in [0.25, 0.3) is 0 Å². The van der Waals surface area contributed by atoms with Gasteiger partial charge < -0.3 is 10.5 Å². The molecule has 0 aliphatic carbocycles. The zero-order valence-corrected chi connectivity index (χ0v) is 14.8. The minimum Gasteiger partial charge on any atom is -0.457 e. The Morgan fingerprint density at radius 2 is 1.90 bits per heavy atom. The first-order chi connectivity index (χ1) is 9.90. The average molecular weight is 369 g/mol. The molecular weight excluding hydrogens is 350 g/mol. The highest BCUT2D eigenvalue weighted by Crippen LogP contribution is 2.34. The Kier molecular flexibility index (Phi) is 5.31. The number of benzene rings is 2. The van der Waals surface area contributed by atoms with Gasteiger partial charge in [-0.1, -0.05) is 41.4 Å². The molecule has 21 heavy (non-hydrogen) atoms. The maximum absolute atomic E-state index is 6.29. The highest BCUT2D eigenvalue weighted by Gasteiger charge is 2.11. The quantitative estimate of drug-likeness (QED) is 0.741. The normalized spacial score (nSPS) is 11.0. The Hall–Kier alpha value is -1.03. The standard InChI is InChI=1S/C17H19BrClNO/c1-10(2)15-8-17(11(3)4-16(15)19)21-14-6-12(9-20)5-13(18)7-14/h4-8,10H,9,20H2,1-3H3. The molecule has 0 unspecified atom stereocenters. The second kappa shape index (κ2) is 6.82. The molecule has 0 amide bonds. The van der Waals surface area contributed by atoms with E-state index in [2.05, 4.69) is 29.8 Å². The summed E-state index contributed by atoms with van der Waals surface area (Å²) in [6.07, 6.45) is 0. The third-order valence-electron chi connectivity index (χ3n) is 3.31. The van der Waals surface area contributed by atoms with Crippen molar-refractivity contribution < 1.29 is 4.74 Å². The van der Waals surface area contributed by atoms with Crippen LogP contribution in [0.4, 0.5) is 0 Å². The van der Waals surface area contributed by atoms with E-state index in [9.17, 15) is 0 Å². The van der Waals surface area contributed by atoms with E-state index in [0.717, 1.165) is 37.7 Å². The summed E-state index contributed by atoms with van der Waals surface area (Å²) in [5.41, 5.74) is 8.83. The van der Waals surface area contributed by atoms with Gasteiger partial charge >= 0.3 is 0 Å². The molecule has 2 nitrogen and oxygen atoms in total. The molecule has 0 heterocycles. The van der Waals surface area contributed by atoms with Crippen LogP contribution >= 0.6 is 27.5 Å². The lowest BCUT2D eigenvalue weighted by molar-refractivity contribution is 0.476. The van der Waals surface area contributed by atoms with Gasteiger partial charge in [0, 0.05) is 16.0 Å². The lowest BCUT2D eigenvalue weighted by Crippen LogP contribution is -1.98. The van der Waals surface area contributed by atoms with Crippen LogP contribution in [-0.2, 0) is 6.54 Å². The van der Waals surface area contributed by atoms with Gasteiger partial charge in [0.15, 0.2) is 0 Å². The second-order valence-electron chi connectivity index (χ2n) is 5.40. The SMILES string of the molecule is Cc1cc(Cl)c(C(C)C)cc1Oc1cc(Br)cc(CN)c1. The van der Waals surface area contributed by atoms with E-state index >= 15 is 0 Å². The first-order valence-electron chi connectivity index (χ1n) is 6.88. The predicted molar refractivity (Wildman–Crippen MR) is 92.4 cm³/mol. The van der Waals surface area contributed by atoms with Crippen molar-refractivity contribution in [2.24, 2.45) is 5.73 Å². The van der Waals surface area contributed by atoms with Crippen LogP contribution in [0, 0.1) is 6.92 Å². The Morgan fingerprint density at radius 3 is 2.52 bits per heavy atom. The molecular formula is C17H19BrClNO. The summed E-state index contributed by atoms with van der Waals surface area (Å²) in [4.78, 5) is 0. The van der Waals surface area contributed by atoms with Crippen molar-refractivity contribution in [1.29, 1.82) is 0 Å². The van der Waals surface area contributed by atoms with E-state index < -0.39 is 0 Å². The zero-order valence-electron chi connectivity index (χ0n) is 12.4. The van der Waals surface area contributed by atoms with Crippen molar-refractivity contribution >= 4 is 27.5 Å². The summed E-state index contributed by atoms with van der Waals surface area (Å²) in [6.45, 7) is 6.71. The van der Waals surface area contributed by atoms with Crippen molar-refractivity contribution in [3.8, 4) is 11.5 Å². The molecule has 2 N–H and O–H groups in total. The molecule has 112 valence electrons. The van der Waals surface area contributed by atoms with Crippen LogP contribution in [0.1, 0.15) is 36.5 Å². The van der Waals surface area contributed by atoms with Gasteiger partial charge in [-0.3, -0.25) is 0 Å². The van der Waals surface area contributed by atoms with E-state index in [1.165, 1.54) is 0 Å². The lowest BCUT2D eigenvalue weighted by Gasteiger charge is -2.15. The molecule has 0 aliphatic heterocycles. The van der Waals surface area contributed by atoms with Gasteiger partial charge in [-0.25, -0.2) is 0 Å². The largest absolute Gasteiger partial charge is 0.457 e. The molecule has 0 atom stereocenters. The van der Waals surface area contributed by atoms with Crippen molar-refractivity contribution in [2.45, 2.75) is 33.2 Å². The van der Waals surface area contributed by atoms with Gasteiger partial charge in [0.05, 0.1) is 0 Å².